The van der Waals surface area contributed by atoms with Crippen molar-refractivity contribution in [3.8, 4) is 11.5 Å². The quantitative estimate of drug-likeness (QED) is 0.661. The van der Waals surface area contributed by atoms with Crippen LogP contribution in [0, 0.1) is 5.92 Å². The smallest absolute Gasteiger partial charge is 0.416 e. The molecule has 31 heavy (non-hydrogen) atoms. The third kappa shape index (κ3) is 5.31. The number of benzene rings is 2. The van der Waals surface area contributed by atoms with Crippen molar-refractivity contribution in [1.82, 2.24) is 4.90 Å². The van der Waals surface area contributed by atoms with Crippen LogP contribution in [0.2, 0.25) is 0 Å². The first-order chi connectivity index (χ1) is 14.7. The lowest BCUT2D eigenvalue weighted by Crippen LogP contribution is -2.39. The summed E-state index contributed by atoms with van der Waals surface area (Å²) >= 11 is 0. The summed E-state index contributed by atoms with van der Waals surface area (Å²) in [6.07, 6.45) is -3.43. The molecular weight excluding hydrogens is 411 g/mol. The lowest BCUT2D eigenvalue weighted by Gasteiger charge is -2.37. The molecule has 2 aromatic carbocycles. The van der Waals surface area contributed by atoms with Gasteiger partial charge in [-0.05, 0) is 68.2 Å². The number of aliphatic carboxylic acids is 1. The topological polar surface area (TPSA) is 59.0 Å². The number of methoxy groups -OCH3 is 1. The molecule has 1 unspecified atom stereocenters. The van der Waals surface area contributed by atoms with Gasteiger partial charge in [-0.25, -0.2) is 0 Å². The number of hydrogen-bond donors (Lipinski definition) is 1. The highest BCUT2D eigenvalue weighted by atomic mass is 19.4. The van der Waals surface area contributed by atoms with Crippen LogP contribution in [-0.2, 0) is 11.0 Å². The molecule has 0 aliphatic carbocycles. The summed E-state index contributed by atoms with van der Waals surface area (Å²) in [6.45, 7) is 3.35. The zero-order chi connectivity index (χ0) is 22.6. The third-order valence-electron chi connectivity index (χ3n) is 5.60. The number of carboxylic acid groups (broad SMARTS) is 1. The summed E-state index contributed by atoms with van der Waals surface area (Å²) < 4.78 is 50.2. The molecule has 1 N–H and O–H groups in total. The Morgan fingerprint density at radius 1 is 1.10 bits per heavy atom. The summed E-state index contributed by atoms with van der Waals surface area (Å²) in [5, 5.41) is 9.30. The molecule has 1 aliphatic heterocycles. The molecular formula is C23H26F3NO4. The van der Waals surface area contributed by atoms with E-state index in [4.69, 9.17) is 9.47 Å². The maximum absolute atomic E-state index is 13.0. The minimum absolute atomic E-state index is 0.331. The number of likely N-dealkylation sites (tertiary alicyclic amines) is 1. The van der Waals surface area contributed by atoms with Gasteiger partial charge in [0.15, 0.2) is 11.5 Å². The fraction of sp³-hybridized carbons (Fsp3) is 0.435. The van der Waals surface area contributed by atoms with E-state index in [1.165, 1.54) is 12.1 Å². The van der Waals surface area contributed by atoms with Crippen LogP contribution in [-0.4, -0.2) is 42.8 Å². The van der Waals surface area contributed by atoms with Gasteiger partial charge in [-0.15, -0.1) is 0 Å². The SMILES string of the molecule is CCOc1cc(C(c2ccc(C(F)(F)F)cc2)N2CCC(C(=O)O)CC2)ccc1OC. The van der Waals surface area contributed by atoms with Crippen molar-refractivity contribution in [1.29, 1.82) is 0 Å². The van der Waals surface area contributed by atoms with E-state index < -0.39 is 23.6 Å². The number of halogens is 3. The van der Waals surface area contributed by atoms with E-state index in [9.17, 15) is 23.1 Å². The van der Waals surface area contributed by atoms with E-state index in [1.807, 2.05) is 19.1 Å². The van der Waals surface area contributed by atoms with Crippen LogP contribution in [0.25, 0.3) is 0 Å². The Hall–Kier alpha value is -2.74. The Balaban J connectivity index is 1.99. The highest BCUT2D eigenvalue weighted by Crippen LogP contribution is 2.38. The second-order valence-corrected chi connectivity index (χ2v) is 7.51. The van der Waals surface area contributed by atoms with Gasteiger partial charge < -0.3 is 14.6 Å². The van der Waals surface area contributed by atoms with Crippen molar-refractivity contribution in [3.63, 3.8) is 0 Å². The number of ether oxygens (including phenoxy) is 2. The van der Waals surface area contributed by atoms with Crippen molar-refractivity contribution in [2.45, 2.75) is 32.0 Å². The van der Waals surface area contributed by atoms with E-state index in [-0.39, 0.29) is 6.04 Å². The number of alkyl halides is 3. The van der Waals surface area contributed by atoms with Crippen LogP contribution in [0.1, 0.15) is 42.5 Å². The number of carbonyl (C=O) groups is 1. The minimum Gasteiger partial charge on any atom is -0.493 e. The standard InChI is InChI=1S/C23H26F3NO4/c1-3-31-20-14-17(6-9-19(20)30-2)21(27-12-10-16(11-13-27)22(28)29)15-4-7-18(8-5-15)23(24,25)26/h4-9,14,16,21H,3,10-13H2,1-2H3,(H,28,29). The largest absolute Gasteiger partial charge is 0.493 e. The van der Waals surface area contributed by atoms with Gasteiger partial charge in [-0.3, -0.25) is 9.69 Å². The number of piperidine rings is 1. The molecule has 0 radical (unpaired) electrons. The van der Waals surface area contributed by atoms with Crippen LogP contribution in [0.15, 0.2) is 42.5 Å². The molecule has 0 bridgehead atoms. The highest BCUT2D eigenvalue weighted by Gasteiger charge is 2.33. The Morgan fingerprint density at radius 3 is 2.23 bits per heavy atom. The molecule has 1 aliphatic rings. The molecule has 5 nitrogen and oxygen atoms in total. The summed E-state index contributed by atoms with van der Waals surface area (Å²) in [5.74, 6) is -0.0886. The normalized spacial score (nSPS) is 16.7. The van der Waals surface area contributed by atoms with Crippen molar-refractivity contribution in [2.75, 3.05) is 26.8 Å². The van der Waals surface area contributed by atoms with Crippen molar-refractivity contribution in [2.24, 2.45) is 5.92 Å². The van der Waals surface area contributed by atoms with Gasteiger partial charge in [0.2, 0.25) is 0 Å². The third-order valence-corrected chi connectivity index (χ3v) is 5.60. The van der Waals surface area contributed by atoms with Crippen LogP contribution >= 0.6 is 0 Å². The van der Waals surface area contributed by atoms with Gasteiger partial charge in [-0.2, -0.15) is 13.2 Å². The molecule has 8 heteroatoms. The molecule has 1 fully saturated rings. The molecule has 1 saturated heterocycles. The van der Waals surface area contributed by atoms with Crippen LogP contribution in [0.3, 0.4) is 0 Å². The Bertz CT molecular complexity index is 891. The molecule has 0 amide bonds. The second-order valence-electron chi connectivity index (χ2n) is 7.51. The predicted octanol–water partition coefficient (Wildman–Crippen LogP) is 5.00. The molecule has 3 rings (SSSR count). The van der Waals surface area contributed by atoms with E-state index in [0.717, 1.165) is 17.7 Å². The fourth-order valence-corrected chi connectivity index (χ4v) is 4.00. The number of nitrogens with zero attached hydrogens (tertiary/aromatic N) is 1. The van der Waals surface area contributed by atoms with E-state index in [2.05, 4.69) is 4.90 Å². The lowest BCUT2D eigenvalue weighted by atomic mass is 9.91. The minimum atomic E-state index is -4.41. The summed E-state index contributed by atoms with van der Waals surface area (Å²) in [7, 11) is 1.54. The lowest BCUT2D eigenvalue weighted by molar-refractivity contribution is -0.143. The summed E-state index contributed by atoms with van der Waals surface area (Å²) in [6, 6.07) is 10.3. The Kier molecular flexibility index (Phi) is 7.10. The zero-order valence-electron chi connectivity index (χ0n) is 17.5. The fourth-order valence-electron chi connectivity index (χ4n) is 4.00. The van der Waals surface area contributed by atoms with Gasteiger partial charge in [0.05, 0.1) is 31.2 Å². The predicted molar refractivity (Wildman–Crippen MR) is 109 cm³/mol. The van der Waals surface area contributed by atoms with Crippen molar-refractivity contribution >= 4 is 5.97 Å². The molecule has 168 valence electrons. The molecule has 0 spiro atoms. The maximum atomic E-state index is 13.0. The van der Waals surface area contributed by atoms with E-state index >= 15 is 0 Å². The van der Waals surface area contributed by atoms with E-state index in [0.29, 0.717) is 49.6 Å². The summed E-state index contributed by atoms with van der Waals surface area (Å²) in [5.41, 5.74) is 0.844. The molecule has 1 heterocycles. The van der Waals surface area contributed by atoms with Gasteiger partial charge in [0.25, 0.3) is 0 Å². The van der Waals surface area contributed by atoms with Crippen LogP contribution in [0.4, 0.5) is 13.2 Å². The molecule has 0 aromatic heterocycles. The summed E-state index contributed by atoms with van der Waals surface area (Å²) in [4.78, 5) is 13.4. The molecule has 1 atom stereocenters. The van der Waals surface area contributed by atoms with Crippen LogP contribution in [0.5, 0.6) is 11.5 Å². The number of rotatable bonds is 7. The average molecular weight is 437 g/mol. The average Bonchev–Trinajstić information content (AvgIpc) is 2.74. The second kappa shape index (κ2) is 9.60. The number of hydrogen-bond acceptors (Lipinski definition) is 4. The molecule has 2 aromatic rings. The number of carboxylic acids is 1. The Morgan fingerprint density at radius 2 is 1.71 bits per heavy atom. The van der Waals surface area contributed by atoms with Gasteiger partial charge >= 0.3 is 12.1 Å². The zero-order valence-corrected chi connectivity index (χ0v) is 17.5. The first kappa shape index (κ1) is 22.9. The first-order valence-electron chi connectivity index (χ1n) is 10.2. The van der Waals surface area contributed by atoms with Crippen molar-refractivity contribution < 1.29 is 32.5 Å². The van der Waals surface area contributed by atoms with Gasteiger partial charge in [0, 0.05) is 0 Å². The first-order valence-corrected chi connectivity index (χ1v) is 10.2. The van der Waals surface area contributed by atoms with E-state index in [1.54, 1.807) is 13.2 Å². The van der Waals surface area contributed by atoms with Gasteiger partial charge in [-0.1, -0.05) is 18.2 Å². The van der Waals surface area contributed by atoms with Crippen LogP contribution < -0.4 is 9.47 Å². The highest BCUT2D eigenvalue weighted by molar-refractivity contribution is 5.70. The van der Waals surface area contributed by atoms with Gasteiger partial charge in [0.1, 0.15) is 0 Å². The monoisotopic (exact) mass is 437 g/mol. The maximum Gasteiger partial charge on any atom is 0.416 e. The van der Waals surface area contributed by atoms with Crippen molar-refractivity contribution in [3.05, 3.63) is 59.2 Å². The Labute approximate surface area is 179 Å². The molecule has 0 saturated carbocycles.